The molecule has 0 aromatic rings. The van der Waals surface area contributed by atoms with Crippen LogP contribution >= 0.6 is 11.8 Å². The van der Waals surface area contributed by atoms with Gasteiger partial charge in [-0.2, -0.15) is 11.8 Å². The Hall–Kier alpha value is -0.950. The van der Waals surface area contributed by atoms with Gasteiger partial charge in [-0.3, -0.25) is 0 Å². The van der Waals surface area contributed by atoms with Crippen molar-refractivity contribution in [2.45, 2.75) is 24.1 Å². The van der Waals surface area contributed by atoms with Gasteiger partial charge in [0.1, 0.15) is 0 Å². The first kappa shape index (κ1) is 13.5. The minimum Gasteiger partial charge on any atom is -0.480 e. The van der Waals surface area contributed by atoms with Gasteiger partial charge in [-0.05, 0) is 18.6 Å². The monoisotopic (exact) mass is 274 g/mol. The summed E-state index contributed by atoms with van der Waals surface area (Å²) in [4.78, 5) is 24.3. The molecule has 0 aromatic carbocycles. The fourth-order valence-corrected chi connectivity index (χ4v) is 3.36. The smallest absolute Gasteiger partial charge is 0.328 e. The average Bonchev–Trinajstić information content (AvgIpc) is 2.89. The highest BCUT2D eigenvalue weighted by Gasteiger charge is 2.32. The number of thioether (sulfide) groups is 1. The van der Waals surface area contributed by atoms with E-state index in [1.807, 2.05) is 11.8 Å². The van der Waals surface area contributed by atoms with Crippen LogP contribution < -0.4 is 5.32 Å². The van der Waals surface area contributed by atoms with E-state index in [1.54, 1.807) is 0 Å². The minimum atomic E-state index is -1.01. The van der Waals surface area contributed by atoms with E-state index in [0.717, 1.165) is 12.2 Å². The maximum absolute atomic E-state index is 12.0. The molecule has 2 aliphatic rings. The van der Waals surface area contributed by atoms with Gasteiger partial charge >= 0.3 is 12.0 Å². The van der Waals surface area contributed by atoms with Crippen LogP contribution in [0, 0.1) is 0 Å². The van der Waals surface area contributed by atoms with E-state index in [-0.39, 0.29) is 12.6 Å². The molecule has 0 aromatic heterocycles. The van der Waals surface area contributed by atoms with E-state index in [1.165, 1.54) is 11.3 Å². The van der Waals surface area contributed by atoms with Crippen LogP contribution in [0.3, 0.4) is 0 Å². The summed E-state index contributed by atoms with van der Waals surface area (Å²) in [6.45, 7) is 1.42. The third-order valence-corrected chi connectivity index (χ3v) is 4.58. The van der Waals surface area contributed by atoms with E-state index in [4.69, 9.17) is 9.84 Å². The summed E-state index contributed by atoms with van der Waals surface area (Å²) in [6, 6.07) is -1.16. The van der Waals surface area contributed by atoms with Crippen LogP contribution in [0.25, 0.3) is 0 Å². The number of morpholine rings is 1. The zero-order valence-corrected chi connectivity index (χ0v) is 10.9. The molecule has 2 amide bonds. The van der Waals surface area contributed by atoms with Gasteiger partial charge in [0.05, 0.1) is 13.2 Å². The summed E-state index contributed by atoms with van der Waals surface area (Å²) in [5.41, 5.74) is 0. The molecule has 7 heteroatoms. The van der Waals surface area contributed by atoms with Gasteiger partial charge in [-0.15, -0.1) is 0 Å². The van der Waals surface area contributed by atoms with Gasteiger partial charge in [0.25, 0.3) is 0 Å². The van der Waals surface area contributed by atoms with Crippen LogP contribution in [-0.4, -0.2) is 65.4 Å². The van der Waals surface area contributed by atoms with Crippen molar-refractivity contribution in [3.63, 3.8) is 0 Å². The molecule has 2 aliphatic heterocycles. The van der Waals surface area contributed by atoms with Gasteiger partial charge < -0.3 is 20.1 Å². The molecule has 0 spiro atoms. The second-order valence-electron chi connectivity index (χ2n) is 4.44. The molecule has 2 heterocycles. The van der Waals surface area contributed by atoms with Crippen LogP contribution in [0.15, 0.2) is 0 Å². The fourth-order valence-electron chi connectivity index (χ4n) is 2.16. The number of urea groups is 1. The lowest BCUT2D eigenvalue weighted by atomic mass is 10.2. The largest absolute Gasteiger partial charge is 0.480 e. The molecular weight excluding hydrogens is 256 g/mol. The lowest BCUT2D eigenvalue weighted by Crippen LogP contribution is -2.56. The van der Waals surface area contributed by atoms with Gasteiger partial charge in [0, 0.05) is 18.3 Å². The predicted octanol–water partition coefficient (Wildman–Crippen LogP) is 0.377. The number of hydrogen-bond acceptors (Lipinski definition) is 4. The first-order valence-electron chi connectivity index (χ1n) is 6.15. The Morgan fingerprint density at radius 1 is 1.50 bits per heavy atom. The zero-order valence-electron chi connectivity index (χ0n) is 10.1. The Morgan fingerprint density at radius 3 is 3.00 bits per heavy atom. The molecule has 2 fully saturated rings. The summed E-state index contributed by atoms with van der Waals surface area (Å²) in [7, 11) is 0. The average molecular weight is 274 g/mol. The van der Waals surface area contributed by atoms with Gasteiger partial charge in [-0.25, -0.2) is 9.59 Å². The molecule has 2 unspecified atom stereocenters. The van der Waals surface area contributed by atoms with Crippen molar-refractivity contribution < 1.29 is 19.4 Å². The Labute approximate surface area is 110 Å². The zero-order chi connectivity index (χ0) is 13.0. The van der Waals surface area contributed by atoms with E-state index in [9.17, 15) is 9.59 Å². The first-order chi connectivity index (χ1) is 8.68. The quantitative estimate of drug-likeness (QED) is 0.777. The van der Waals surface area contributed by atoms with Crippen molar-refractivity contribution in [2.75, 3.05) is 32.1 Å². The maximum atomic E-state index is 12.0. The van der Waals surface area contributed by atoms with Gasteiger partial charge in [0.2, 0.25) is 0 Å². The van der Waals surface area contributed by atoms with Crippen LogP contribution in [0.5, 0.6) is 0 Å². The Bertz CT molecular complexity index is 320. The number of carbonyl (C=O) groups is 2. The molecule has 18 heavy (non-hydrogen) atoms. The third-order valence-electron chi connectivity index (χ3n) is 3.18. The van der Waals surface area contributed by atoms with Crippen molar-refractivity contribution in [1.29, 1.82) is 0 Å². The molecule has 0 radical (unpaired) electrons. The summed E-state index contributed by atoms with van der Waals surface area (Å²) in [5.74, 6) is 0.135. The molecule has 2 N–H and O–H groups in total. The van der Waals surface area contributed by atoms with Crippen LogP contribution in [-0.2, 0) is 9.53 Å². The first-order valence-corrected chi connectivity index (χ1v) is 7.20. The predicted molar refractivity (Wildman–Crippen MR) is 67.8 cm³/mol. The van der Waals surface area contributed by atoms with Gasteiger partial charge in [-0.1, -0.05) is 0 Å². The molecule has 0 saturated carbocycles. The second kappa shape index (κ2) is 6.29. The van der Waals surface area contributed by atoms with Crippen LogP contribution in [0.2, 0.25) is 0 Å². The highest BCUT2D eigenvalue weighted by atomic mass is 32.2. The standard InChI is InChI=1S/C11H18N2O4S/c14-10(15)9-7-17-4-3-13(9)11(16)12-6-8-2-1-5-18-8/h8-9H,1-7H2,(H,12,16)(H,14,15). The number of rotatable bonds is 3. The van der Waals surface area contributed by atoms with Crippen molar-refractivity contribution in [1.82, 2.24) is 10.2 Å². The molecule has 2 saturated heterocycles. The maximum Gasteiger partial charge on any atom is 0.328 e. The summed E-state index contributed by atoms with van der Waals surface area (Å²) >= 11 is 1.86. The number of hydrogen-bond donors (Lipinski definition) is 2. The van der Waals surface area contributed by atoms with Crippen molar-refractivity contribution >= 4 is 23.8 Å². The summed E-state index contributed by atoms with van der Waals surface area (Å²) in [5, 5.41) is 12.3. The molecule has 2 atom stereocenters. The number of carbonyl (C=O) groups excluding carboxylic acids is 1. The summed E-state index contributed by atoms with van der Waals surface area (Å²) in [6.07, 6.45) is 2.32. The lowest BCUT2D eigenvalue weighted by Gasteiger charge is -2.33. The second-order valence-corrected chi connectivity index (χ2v) is 5.85. The summed E-state index contributed by atoms with van der Waals surface area (Å²) < 4.78 is 5.10. The number of aliphatic carboxylic acids is 1. The van der Waals surface area contributed by atoms with E-state index < -0.39 is 12.0 Å². The highest BCUT2D eigenvalue weighted by Crippen LogP contribution is 2.25. The van der Waals surface area contributed by atoms with Crippen molar-refractivity contribution in [3.05, 3.63) is 0 Å². The van der Waals surface area contributed by atoms with Crippen LogP contribution in [0.4, 0.5) is 4.79 Å². The molecule has 6 nitrogen and oxygen atoms in total. The number of ether oxygens (including phenoxy) is 1. The normalized spacial score (nSPS) is 28.1. The Morgan fingerprint density at radius 2 is 2.33 bits per heavy atom. The minimum absolute atomic E-state index is 0.0704. The number of nitrogens with zero attached hydrogens (tertiary/aromatic N) is 1. The van der Waals surface area contributed by atoms with E-state index >= 15 is 0 Å². The molecule has 2 rings (SSSR count). The number of amides is 2. The SMILES string of the molecule is O=C(O)C1COCCN1C(=O)NCC1CCCS1. The number of carboxylic acid groups (broad SMARTS) is 1. The topological polar surface area (TPSA) is 78.9 Å². The van der Waals surface area contributed by atoms with E-state index in [2.05, 4.69) is 5.32 Å². The molecule has 0 bridgehead atoms. The fraction of sp³-hybridized carbons (Fsp3) is 0.818. The Balaban J connectivity index is 1.83. The molecule has 102 valence electrons. The number of carboxylic acids is 1. The highest BCUT2D eigenvalue weighted by molar-refractivity contribution is 8.00. The lowest BCUT2D eigenvalue weighted by molar-refractivity contribution is -0.147. The molecular formula is C11H18N2O4S. The number of nitrogens with one attached hydrogen (secondary N) is 1. The van der Waals surface area contributed by atoms with Crippen molar-refractivity contribution in [3.8, 4) is 0 Å². The molecule has 0 aliphatic carbocycles. The van der Waals surface area contributed by atoms with Crippen molar-refractivity contribution in [2.24, 2.45) is 0 Å². The third kappa shape index (κ3) is 3.29. The van der Waals surface area contributed by atoms with E-state index in [0.29, 0.717) is 24.9 Å². The van der Waals surface area contributed by atoms with Gasteiger partial charge in [0.15, 0.2) is 6.04 Å². The van der Waals surface area contributed by atoms with Crippen LogP contribution in [0.1, 0.15) is 12.8 Å². The Kier molecular flexibility index (Phi) is 4.71.